The molecule has 0 nitrogen and oxygen atoms in total. The van der Waals surface area contributed by atoms with Crippen molar-refractivity contribution < 1.29 is 0 Å². The maximum Gasteiger partial charge on any atom is 0.0792 e. The Labute approximate surface area is 237 Å². The lowest BCUT2D eigenvalue weighted by Crippen LogP contribution is -2.39. The molecule has 0 radical (unpaired) electrons. The Hall–Kier alpha value is -4.46. The Balaban J connectivity index is 1.55. The summed E-state index contributed by atoms with van der Waals surface area (Å²) in [4.78, 5) is 0. The lowest BCUT2D eigenvalue weighted by molar-refractivity contribution is 1.62. The summed E-state index contributed by atoms with van der Waals surface area (Å²) in [6, 6.07) is 51.5. The molecule has 0 bridgehead atoms. The smallest absolute Gasteiger partial charge is 0.0656 e. The van der Waals surface area contributed by atoms with Crippen molar-refractivity contribution in [3.63, 3.8) is 0 Å². The lowest BCUT2D eigenvalue weighted by Gasteiger charge is -2.27. The topological polar surface area (TPSA) is 0 Å². The van der Waals surface area contributed by atoms with Gasteiger partial charge in [0.05, 0.1) is 8.07 Å². The van der Waals surface area contributed by atoms with Gasteiger partial charge in [0, 0.05) is 0 Å². The van der Waals surface area contributed by atoms with E-state index in [1.807, 2.05) is 0 Å². The first kappa shape index (κ1) is 24.6. The zero-order chi connectivity index (χ0) is 27.3. The molecule has 0 saturated heterocycles. The minimum Gasteiger partial charge on any atom is -0.0656 e. The van der Waals surface area contributed by atoms with E-state index >= 15 is 0 Å². The van der Waals surface area contributed by atoms with Gasteiger partial charge < -0.3 is 0 Å². The normalized spacial score (nSPS) is 11.9. The molecule has 7 rings (SSSR count). The van der Waals surface area contributed by atoms with E-state index in [4.69, 9.17) is 0 Å². The van der Waals surface area contributed by atoms with Crippen LogP contribution in [0.15, 0.2) is 140 Å². The van der Waals surface area contributed by atoms with Gasteiger partial charge in [-0.2, -0.15) is 0 Å². The van der Waals surface area contributed by atoms with E-state index in [-0.39, 0.29) is 0 Å². The maximum atomic E-state index is 2.48. The third kappa shape index (κ3) is 4.24. The van der Waals surface area contributed by atoms with Crippen LogP contribution in [-0.4, -0.2) is 8.07 Å². The van der Waals surface area contributed by atoms with Crippen molar-refractivity contribution in [2.45, 2.75) is 19.6 Å². The second kappa shape index (κ2) is 9.62. The number of hydrogen-bond acceptors (Lipinski definition) is 0. The molecule has 0 aliphatic rings. The first-order valence-electron chi connectivity index (χ1n) is 14.1. The highest BCUT2D eigenvalue weighted by atomic mass is 28.3. The van der Waals surface area contributed by atoms with Crippen LogP contribution in [0.3, 0.4) is 0 Å². The van der Waals surface area contributed by atoms with E-state index in [0.717, 1.165) is 0 Å². The van der Waals surface area contributed by atoms with Gasteiger partial charge >= 0.3 is 0 Å². The van der Waals surface area contributed by atoms with Crippen molar-refractivity contribution in [3.05, 3.63) is 140 Å². The quantitative estimate of drug-likeness (QED) is 0.157. The molecule has 0 aromatic heterocycles. The maximum absolute atomic E-state index is 2.48. The largest absolute Gasteiger partial charge is 0.0792 e. The van der Waals surface area contributed by atoms with Gasteiger partial charge in [0.2, 0.25) is 0 Å². The molecule has 0 N–H and O–H groups in total. The average molecular weight is 529 g/mol. The van der Waals surface area contributed by atoms with Gasteiger partial charge in [0.25, 0.3) is 0 Å². The monoisotopic (exact) mass is 528 g/mol. The van der Waals surface area contributed by atoms with Crippen LogP contribution in [0.4, 0.5) is 0 Å². The van der Waals surface area contributed by atoms with Gasteiger partial charge in [-0.05, 0) is 89.1 Å². The third-order valence-corrected chi connectivity index (χ3v) is 10.1. The van der Waals surface area contributed by atoms with Crippen LogP contribution in [0.2, 0.25) is 19.6 Å². The fourth-order valence-corrected chi connectivity index (χ4v) is 8.36. The number of rotatable bonds is 4. The second-order valence-corrected chi connectivity index (χ2v) is 16.8. The Kier molecular flexibility index (Phi) is 5.91. The average Bonchev–Trinajstić information content (AvgIpc) is 3.00. The highest BCUT2D eigenvalue weighted by Crippen LogP contribution is 2.39. The highest BCUT2D eigenvalue weighted by molar-refractivity contribution is 6.91. The van der Waals surface area contributed by atoms with Crippen molar-refractivity contribution in [3.8, 4) is 33.4 Å². The predicted octanol–water partition coefficient (Wildman–Crippen LogP) is 10.7. The molecule has 192 valence electrons. The molecule has 7 aromatic carbocycles. The van der Waals surface area contributed by atoms with Crippen LogP contribution in [0.25, 0.3) is 65.7 Å². The van der Waals surface area contributed by atoms with Gasteiger partial charge in [-0.1, -0.05) is 141 Å². The van der Waals surface area contributed by atoms with Gasteiger partial charge in [-0.3, -0.25) is 0 Å². The van der Waals surface area contributed by atoms with Crippen molar-refractivity contribution >= 4 is 45.6 Å². The molecule has 0 aliphatic carbocycles. The van der Waals surface area contributed by atoms with Crippen molar-refractivity contribution in [2.24, 2.45) is 0 Å². The number of hydrogen-bond donors (Lipinski definition) is 0. The zero-order valence-corrected chi connectivity index (χ0v) is 24.3. The SMILES string of the molecule is C[Si](C)(C)c1c(-c2cccc(-c3ccc4ccccc4c3)c2)c2cc(-c3ccccc3)ccc2c2ccccc12. The van der Waals surface area contributed by atoms with Crippen LogP contribution >= 0.6 is 0 Å². The first-order valence-corrected chi connectivity index (χ1v) is 17.6. The summed E-state index contributed by atoms with van der Waals surface area (Å²) in [5, 5.41) is 9.50. The van der Waals surface area contributed by atoms with Gasteiger partial charge in [-0.25, -0.2) is 0 Å². The van der Waals surface area contributed by atoms with E-state index < -0.39 is 8.07 Å². The summed E-state index contributed by atoms with van der Waals surface area (Å²) < 4.78 is 0. The molecule has 40 heavy (non-hydrogen) atoms. The fraction of sp³-hybridized carbons (Fsp3) is 0.0769. The molecule has 0 aliphatic heterocycles. The van der Waals surface area contributed by atoms with E-state index in [1.165, 1.54) is 70.9 Å². The summed E-state index contributed by atoms with van der Waals surface area (Å²) in [6.07, 6.45) is 0. The summed E-state index contributed by atoms with van der Waals surface area (Å²) in [5.74, 6) is 0. The van der Waals surface area contributed by atoms with Crippen LogP contribution in [-0.2, 0) is 0 Å². The van der Waals surface area contributed by atoms with Gasteiger partial charge in [-0.15, -0.1) is 0 Å². The zero-order valence-electron chi connectivity index (χ0n) is 23.3. The van der Waals surface area contributed by atoms with Gasteiger partial charge in [0.1, 0.15) is 0 Å². The standard InChI is InChI=1S/C39H32Si/c1-40(2,3)39-36-19-10-9-18-34(36)35-23-22-32(27-12-5-4-6-13-27)26-37(35)38(39)33-17-11-16-30(25-33)31-21-20-28-14-7-8-15-29(28)24-31/h4-26H,1-3H3. The summed E-state index contributed by atoms with van der Waals surface area (Å²) >= 11 is 0. The molecule has 0 unspecified atom stereocenters. The summed E-state index contributed by atoms with van der Waals surface area (Å²) in [5.41, 5.74) is 7.72. The molecule has 7 aromatic rings. The molecule has 0 atom stereocenters. The fourth-order valence-electron chi connectivity index (χ4n) is 6.30. The summed E-state index contributed by atoms with van der Waals surface area (Å²) in [7, 11) is -1.77. The Bertz CT molecular complexity index is 2030. The minimum absolute atomic E-state index is 1.25. The minimum atomic E-state index is -1.77. The molecule has 0 saturated carbocycles. The van der Waals surface area contributed by atoms with E-state index in [1.54, 1.807) is 0 Å². The highest BCUT2D eigenvalue weighted by Gasteiger charge is 2.26. The van der Waals surface area contributed by atoms with Crippen LogP contribution in [0.5, 0.6) is 0 Å². The number of fused-ring (bicyclic) bond motifs is 4. The molecule has 0 amide bonds. The number of benzene rings is 7. The molecule has 0 heterocycles. The molecular formula is C39H32Si. The van der Waals surface area contributed by atoms with Crippen LogP contribution in [0.1, 0.15) is 0 Å². The molecule has 1 heteroatoms. The third-order valence-electron chi connectivity index (χ3n) is 8.12. The van der Waals surface area contributed by atoms with Crippen molar-refractivity contribution in [1.29, 1.82) is 0 Å². The molecule has 0 fully saturated rings. The Morgan fingerprint density at radius 1 is 0.350 bits per heavy atom. The molecular weight excluding hydrogens is 497 g/mol. The second-order valence-electron chi connectivity index (χ2n) is 11.8. The van der Waals surface area contributed by atoms with Crippen molar-refractivity contribution in [1.82, 2.24) is 0 Å². The van der Waals surface area contributed by atoms with E-state index in [9.17, 15) is 0 Å². The van der Waals surface area contributed by atoms with E-state index in [0.29, 0.717) is 0 Å². The van der Waals surface area contributed by atoms with Crippen LogP contribution in [0, 0.1) is 0 Å². The lowest BCUT2D eigenvalue weighted by atomic mass is 9.89. The predicted molar refractivity (Wildman–Crippen MR) is 178 cm³/mol. The first-order chi connectivity index (χ1) is 19.5. The van der Waals surface area contributed by atoms with Gasteiger partial charge in [0.15, 0.2) is 0 Å². The molecule has 0 spiro atoms. The van der Waals surface area contributed by atoms with Crippen LogP contribution < -0.4 is 5.19 Å². The van der Waals surface area contributed by atoms with E-state index in [2.05, 4.69) is 159 Å². The van der Waals surface area contributed by atoms with Crippen molar-refractivity contribution in [2.75, 3.05) is 0 Å². The Morgan fingerprint density at radius 3 is 1.73 bits per heavy atom. The summed E-state index contributed by atoms with van der Waals surface area (Å²) in [6.45, 7) is 7.45. The Morgan fingerprint density at radius 2 is 0.925 bits per heavy atom.